The van der Waals surface area contributed by atoms with Gasteiger partial charge in [0, 0.05) is 0 Å². The van der Waals surface area contributed by atoms with Crippen LogP contribution < -0.4 is 22.1 Å². The molecule has 0 atom stereocenters. The lowest BCUT2D eigenvalue weighted by Crippen LogP contribution is -2.40. The molecule has 0 saturated carbocycles. The smallest absolute Gasteiger partial charge is 0.351 e. The average Bonchev–Trinajstić information content (AvgIpc) is 2.88. The molecule has 3 rings (SSSR count). The molecule has 0 unspecified atom stereocenters. The monoisotopic (exact) mass is 327 g/mol. The predicted octanol–water partition coefficient (Wildman–Crippen LogP) is 0.651. The highest BCUT2D eigenvalue weighted by Crippen LogP contribution is 2.05. The Hall–Kier alpha value is -2.96. The number of nitrogen functional groups attached to an aromatic ring is 1. The zero-order valence-corrected chi connectivity index (χ0v) is 13.5. The van der Waals surface area contributed by atoms with Gasteiger partial charge in [-0.2, -0.15) is 0 Å². The van der Waals surface area contributed by atoms with E-state index in [1.807, 2.05) is 26.0 Å². The zero-order valence-electron chi connectivity index (χ0n) is 13.5. The van der Waals surface area contributed by atoms with Gasteiger partial charge in [0.25, 0.3) is 0 Å². The van der Waals surface area contributed by atoms with E-state index in [1.165, 1.54) is 21.2 Å². The molecule has 0 aliphatic heterocycles. The lowest BCUT2D eigenvalue weighted by Gasteiger charge is -1.99. The first-order valence-electron chi connectivity index (χ1n) is 7.71. The maximum atomic E-state index is 13.0. The lowest BCUT2D eigenvalue weighted by atomic mass is 10.2. The molecule has 2 aromatic heterocycles. The minimum atomic E-state index is -0.322. The van der Waals surface area contributed by atoms with Crippen LogP contribution in [-0.4, -0.2) is 19.2 Å². The molecule has 3 aromatic rings. The number of hydrogen-bond acceptors (Lipinski definition) is 4. The summed E-state index contributed by atoms with van der Waals surface area (Å²) in [5.41, 5.74) is 6.77. The van der Waals surface area contributed by atoms with Crippen molar-refractivity contribution in [2.75, 3.05) is 5.73 Å². The maximum absolute atomic E-state index is 13.0. The SMILES string of the molecule is CC=c1c(=CCC)nc(N)c2nn(Cc3ccc(F)cc3)c(=O)n12. The van der Waals surface area contributed by atoms with Crippen molar-refractivity contribution in [3.05, 3.63) is 56.8 Å². The van der Waals surface area contributed by atoms with E-state index in [1.54, 1.807) is 12.1 Å². The van der Waals surface area contributed by atoms with Gasteiger partial charge in [-0.1, -0.05) is 31.2 Å². The van der Waals surface area contributed by atoms with Crippen LogP contribution in [0.25, 0.3) is 17.8 Å². The molecule has 0 aliphatic rings. The largest absolute Gasteiger partial charge is 0.381 e. The van der Waals surface area contributed by atoms with Gasteiger partial charge in [0.1, 0.15) is 5.82 Å². The maximum Gasteiger partial charge on any atom is 0.351 e. The summed E-state index contributed by atoms with van der Waals surface area (Å²) in [5, 5.41) is 5.62. The third kappa shape index (κ3) is 2.68. The van der Waals surface area contributed by atoms with Crippen molar-refractivity contribution in [2.24, 2.45) is 0 Å². The quantitative estimate of drug-likeness (QED) is 0.766. The summed E-state index contributed by atoms with van der Waals surface area (Å²) in [7, 11) is 0. The van der Waals surface area contributed by atoms with Gasteiger partial charge in [-0.3, -0.25) is 0 Å². The Morgan fingerprint density at radius 3 is 2.62 bits per heavy atom. The molecule has 0 amide bonds. The summed E-state index contributed by atoms with van der Waals surface area (Å²) in [6, 6.07) is 5.95. The van der Waals surface area contributed by atoms with Crippen LogP contribution in [0.2, 0.25) is 0 Å². The normalized spacial score (nSPS) is 13.1. The fourth-order valence-corrected chi connectivity index (χ4v) is 2.63. The molecule has 124 valence electrons. The Balaban J connectivity index is 2.24. The number of nitrogens with two attached hydrogens (primary N) is 1. The van der Waals surface area contributed by atoms with Crippen LogP contribution in [0.4, 0.5) is 10.2 Å². The molecular formula is C17H18FN5O. The van der Waals surface area contributed by atoms with Gasteiger partial charge in [0.15, 0.2) is 5.82 Å². The summed E-state index contributed by atoms with van der Waals surface area (Å²) >= 11 is 0. The fraction of sp³-hybridized carbons (Fsp3) is 0.235. The van der Waals surface area contributed by atoms with E-state index in [9.17, 15) is 9.18 Å². The fourth-order valence-electron chi connectivity index (χ4n) is 2.63. The minimum Gasteiger partial charge on any atom is -0.381 e. The van der Waals surface area contributed by atoms with Crippen molar-refractivity contribution in [1.29, 1.82) is 0 Å². The minimum absolute atomic E-state index is 0.204. The van der Waals surface area contributed by atoms with Gasteiger partial charge < -0.3 is 5.73 Å². The standard InChI is InChI=1S/C17H18FN5O/c1-3-5-13-14(4-2)23-16(15(19)20-13)21-22(17(23)24)10-11-6-8-12(18)9-7-11/h4-9H,3,10H2,1-2H3,(H2,19,20). The van der Waals surface area contributed by atoms with Gasteiger partial charge >= 0.3 is 5.69 Å². The molecule has 0 saturated heterocycles. The molecule has 0 fully saturated rings. The molecule has 0 aliphatic carbocycles. The number of anilines is 1. The number of benzene rings is 1. The third-order valence-electron chi connectivity index (χ3n) is 3.73. The van der Waals surface area contributed by atoms with E-state index in [0.29, 0.717) is 16.3 Å². The number of aromatic nitrogens is 4. The van der Waals surface area contributed by atoms with Gasteiger partial charge in [-0.05, 0) is 31.0 Å². The molecule has 2 N–H and O–H groups in total. The van der Waals surface area contributed by atoms with Crippen LogP contribution in [0.3, 0.4) is 0 Å². The number of fused-ring (bicyclic) bond motifs is 1. The summed E-state index contributed by atoms with van der Waals surface area (Å²) in [4.78, 5) is 17.1. The first-order valence-corrected chi connectivity index (χ1v) is 7.71. The molecule has 1 aromatic carbocycles. The summed E-state index contributed by atoms with van der Waals surface area (Å²) < 4.78 is 15.8. The molecule has 24 heavy (non-hydrogen) atoms. The predicted molar refractivity (Wildman–Crippen MR) is 91.3 cm³/mol. The van der Waals surface area contributed by atoms with Gasteiger partial charge in [-0.15, -0.1) is 5.10 Å². The highest BCUT2D eigenvalue weighted by atomic mass is 19.1. The molecule has 7 heteroatoms. The highest BCUT2D eigenvalue weighted by Gasteiger charge is 2.12. The van der Waals surface area contributed by atoms with Gasteiger partial charge in [0.05, 0.1) is 17.2 Å². The number of nitrogens with zero attached hydrogens (tertiary/aromatic N) is 4. The molecule has 2 heterocycles. The van der Waals surface area contributed by atoms with Crippen LogP contribution in [-0.2, 0) is 6.54 Å². The molecule has 0 bridgehead atoms. The Morgan fingerprint density at radius 2 is 2.00 bits per heavy atom. The van der Waals surface area contributed by atoms with E-state index in [-0.39, 0.29) is 23.9 Å². The zero-order chi connectivity index (χ0) is 17.3. The summed E-state index contributed by atoms with van der Waals surface area (Å²) in [6.07, 6.45) is 4.50. The molecular weight excluding hydrogens is 309 g/mol. The Bertz CT molecular complexity index is 1060. The van der Waals surface area contributed by atoms with E-state index in [4.69, 9.17) is 5.73 Å². The van der Waals surface area contributed by atoms with Gasteiger partial charge in [-0.25, -0.2) is 23.3 Å². The third-order valence-corrected chi connectivity index (χ3v) is 3.73. The number of rotatable bonds is 3. The van der Waals surface area contributed by atoms with Crippen molar-refractivity contribution in [1.82, 2.24) is 19.2 Å². The van der Waals surface area contributed by atoms with Crippen LogP contribution in [0.1, 0.15) is 25.8 Å². The topological polar surface area (TPSA) is 78.2 Å². The van der Waals surface area contributed by atoms with Gasteiger partial charge in [0.2, 0.25) is 5.65 Å². The van der Waals surface area contributed by atoms with E-state index in [0.717, 1.165) is 12.0 Å². The first kappa shape index (κ1) is 15.9. The highest BCUT2D eigenvalue weighted by molar-refractivity contribution is 5.59. The van der Waals surface area contributed by atoms with Crippen LogP contribution >= 0.6 is 0 Å². The van der Waals surface area contributed by atoms with Crippen LogP contribution in [0.5, 0.6) is 0 Å². The van der Waals surface area contributed by atoms with Crippen molar-refractivity contribution < 1.29 is 4.39 Å². The van der Waals surface area contributed by atoms with Crippen molar-refractivity contribution >= 4 is 23.6 Å². The summed E-state index contributed by atoms with van der Waals surface area (Å²) in [6.45, 7) is 4.06. The van der Waals surface area contributed by atoms with E-state index >= 15 is 0 Å². The van der Waals surface area contributed by atoms with Crippen molar-refractivity contribution in [2.45, 2.75) is 26.8 Å². The van der Waals surface area contributed by atoms with Crippen LogP contribution in [0, 0.1) is 5.82 Å². The Kier molecular flexibility index (Phi) is 4.16. The summed E-state index contributed by atoms with van der Waals surface area (Å²) in [5.74, 6) is -0.118. The second-order valence-electron chi connectivity index (χ2n) is 5.39. The number of halogens is 1. The van der Waals surface area contributed by atoms with Crippen molar-refractivity contribution in [3.63, 3.8) is 0 Å². The number of hydrogen-bond donors (Lipinski definition) is 1. The second-order valence-corrected chi connectivity index (χ2v) is 5.39. The Morgan fingerprint density at radius 1 is 1.29 bits per heavy atom. The first-order chi connectivity index (χ1) is 11.5. The molecule has 0 spiro atoms. The van der Waals surface area contributed by atoms with E-state index in [2.05, 4.69) is 10.1 Å². The molecule has 0 radical (unpaired) electrons. The van der Waals surface area contributed by atoms with E-state index < -0.39 is 0 Å². The average molecular weight is 327 g/mol. The second kappa shape index (κ2) is 6.27. The molecule has 6 nitrogen and oxygen atoms in total. The lowest BCUT2D eigenvalue weighted by molar-refractivity contribution is 0.622. The Labute approximate surface area is 137 Å². The van der Waals surface area contributed by atoms with Crippen molar-refractivity contribution in [3.8, 4) is 0 Å². The van der Waals surface area contributed by atoms with Crippen LogP contribution in [0.15, 0.2) is 29.1 Å².